The van der Waals surface area contributed by atoms with Crippen LogP contribution in [-0.2, 0) is 67.7 Å². The van der Waals surface area contributed by atoms with Crippen LogP contribution < -0.4 is 39.6 Å². The first kappa shape index (κ1) is 137. The SMILES string of the molecule is CCC.CCCC.CCCc1ccccc1.COc1ccc(C)c(-c2c(C(C)C)cc(C(C)C)cc2C(C)C)c1[PH+](C1CCCCC1)C1CCCCC1.COc1ccc(OC)c([PH+](C2CCCCC2)C2CCCCC2)c1-c1c(C(C)C)cc(C(C)C)cc1C(C)C.COc1ccc(OC)c([PH+](C2CCCCC2)C2CCCCC2)c1-c1c(C(C)C)cc(C(C)C)cc1C(C)C.[CH3-].[CH3-].[CH3-].[CH3-].[CH3-].[CH3-].[Pd+2].[Pd+2].[Pd+2]. The molecule has 0 atom stereocenters. The third-order valence-electron chi connectivity index (χ3n) is 29.9. The molecule has 790 valence electrons. The zero-order chi connectivity index (χ0) is 94.1. The van der Waals surface area contributed by atoms with Crippen LogP contribution in [0.4, 0.5) is 0 Å². The number of methoxy groups -OCH3 is 5. The van der Waals surface area contributed by atoms with Crippen LogP contribution in [0.5, 0.6) is 28.7 Å². The second kappa shape index (κ2) is 70.6. The molecule has 138 heavy (non-hydrogen) atoms. The van der Waals surface area contributed by atoms with E-state index in [4.69, 9.17) is 23.7 Å². The van der Waals surface area contributed by atoms with E-state index in [0.717, 1.165) is 57.0 Å². The van der Waals surface area contributed by atoms with Crippen molar-refractivity contribution in [1.29, 1.82) is 0 Å². The van der Waals surface area contributed by atoms with Gasteiger partial charge in [0.2, 0.25) is 0 Å². The molecule has 0 spiro atoms. The average molecular weight is 2230 g/mol. The first-order valence-corrected chi connectivity index (χ1v) is 58.4. The van der Waals surface area contributed by atoms with Crippen molar-refractivity contribution in [3.63, 3.8) is 0 Å². The molecule has 13 rings (SSSR count). The van der Waals surface area contributed by atoms with E-state index in [0.29, 0.717) is 53.3 Å². The molecule has 6 aliphatic carbocycles. The van der Waals surface area contributed by atoms with Gasteiger partial charge in [0, 0.05) is 29.3 Å². The van der Waals surface area contributed by atoms with Crippen LogP contribution in [-0.4, -0.2) is 69.5 Å². The van der Waals surface area contributed by atoms with Crippen molar-refractivity contribution in [2.45, 2.75) is 478 Å². The molecule has 6 aliphatic rings. The summed E-state index contributed by atoms with van der Waals surface area (Å²) in [6.45, 7) is 55.7. The predicted octanol–water partition coefficient (Wildman–Crippen LogP) is 39.6. The van der Waals surface area contributed by atoms with Crippen LogP contribution in [0.15, 0.2) is 103 Å². The van der Waals surface area contributed by atoms with Gasteiger partial charge < -0.3 is 68.2 Å². The molecule has 0 unspecified atom stereocenters. The van der Waals surface area contributed by atoms with Crippen LogP contribution in [0, 0.1) is 51.5 Å². The fourth-order valence-corrected chi connectivity index (χ4v) is 36.4. The van der Waals surface area contributed by atoms with Gasteiger partial charge in [0.15, 0.2) is 17.2 Å². The van der Waals surface area contributed by atoms with Crippen molar-refractivity contribution < 1.29 is 85.0 Å². The van der Waals surface area contributed by atoms with E-state index in [2.05, 4.69) is 269 Å². The maximum absolute atomic E-state index is 6.31. The molecular formula is C127H210O5P3Pd3+3. The van der Waals surface area contributed by atoms with Crippen molar-refractivity contribution >= 4 is 39.7 Å². The minimum atomic E-state index is -0.889. The minimum absolute atomic E-state index is 0. The molecule has 0 N–H and O–H groups in total. The number of aryl methyl sites for hydroxylation is 2. The number of rotatable bonds is 29. The Kier molecular flexibility index (Phi) is 70.0. The van der Waals surface area contributed by atoms with Gasteiger partial charge >= 0.3 is 61.3 Å². The van der Waals surface area contributed by atoms with Crippen molar-refractivity contribution in [3.05, 3.63) is 209 Å². The molecule has 11 heteroatoms. The summed E-state index contributed by atoms with van der Waals surface area (Å²) in [5, 5.41) is 4.76. The summed E-state index contributed by atoms with van der Waals surface area (Å²) in [4.78, 5) is 0. The number of benzene rings is 7. The van der Waals surface area contributed by atoms with E-state index in [9.17, 15) is 0 Å². The second-order valence-corrected chi connectivity index (χ2v) is 51.8. The molecule has 6 saturated carbocycles. The summed E-state index contributed by atoms with van der Waals surface area (Å²) in [6.07, 6.45) is 48.5. The van der Waals surface area contributed by atoms with Gasteiger partial charge in [0.05, 0.1) is 80.6 Å². The van der Waals surface area contributed by atoms with Gasteiger partial charge in [-0.05, 0) is 329 Å². The fraction of sp³-hybridized carbons (Fsp3) is 0.622. The zero-order valence-corrected chi connectivity index (χ0v) is 103. The van der Waals surface area contributed by atoms with Gasteiger partial charge in [-0.25, -0.2) is 0 Å². The molecule has 0 aliphatic heterocycles. The molecule has 7 aromatic carbocycles. The van der Waals surface area contributed by atoms with Crippen LogP contribution in [0.2, 0.25) is 0 Å². The molecule has 6 fully saturated rings. The Hall–Kier alpha value is -3.18. The molecular weight excluding hydrogens is 2020 g/mol. The summed E-state index contributed by atoms with van der Waals surface area (Å²) < 4.78 is 31.5. The minimum Gasteiger partial charge on any atom is -0.496 e. The molecule has 0 saturated heterocycles. The first-order valence-electron chi connectivity index (χ1n) is 53.4. The number of hydrogen-bond donors (Lipinski definition) is 0. The Morgan fingerprint density at radius 2 is 0.442 bits per heavy atom. The third-order valence-corrected chi connectivity index (χ3v) is 41.9. The largest absolute Gasteiger partial charge is 2.00 e. The fourth-order valence-electron chi connectivity index (χ4n) is 22.7. The molecule has 0 heterocycles. The third kappa shape index (κ3) is 37.0. The molecule has 5 nitrogen and oxygen atoms in total. The Labute approximate surface area is 901 Å². The Balaban J connectivity index is 0. The van der Waals surface area contributed by atoms with Crippen LogP contribution in [0.1, 0.15) is 492 Å². The summed E-state index contributed by atoms with van der Waals surface area (Å²) >= 11 is 0. The first-order chi connectivity index (χ1) is 62.1. The molecule has 0 amide bonds. The topological polar surface area (TPSA) is 46.2 Å². The van der Waals surface area contributed by atoms with E-state index in [1.165, 1.54) is 303 Å². The number of unbranched alkanes of at least 4 members (excludes halogenated alkanes) is 1. The molecule has 0 aromatic heterocycles. The summed E-state index contributed by atoms with van der Waals surface area (Å²) in [6, 6.07) is 39.2. The number of ether oxygens (including phenoxy) is 5. The summed E-state index contributed by atoms with van der Waals surface area (Å²) in [7, 11) is 6.88. The van der Waals surface area contributed by atoms with Crippen molar-refractivity contribution in [2.75, 3.05) is 35.5 Å². The summed E-state index contributed by atoms with van der Waals surface area (Å²) in [5.41, 5.74) is 30.1. The van der Waals surface area contributed by atoms with Crippen molar-refractivity contribution in [2.24, 2.45) is 0 Å². The standard InChI is InChI=1S/2C35H53O2P.C35H53OP.C9H12.C4H10.C3H8.6CH3.3Pd/c2*1-23(2)26-21-29(24(3)4)33(30(22-26)25(5)6)34-31(36-7)19-20-32(37-8)35(34)38(27-15-11-9-12-16-27)28-17-13-10-14-18-28;1-23(2)27-21-30(24(3)4)34(31(22-27)25(5)6)33-26(7)19-20-32(36-8)35(33)37(28-15-11-9-12-16-28)29-17-13-10-14-18-29;1-2-6-9-7-4-3-5-8-9;1-3-4-2;1-3-2;;;;;;;;;/h2*19-25,27-28H,9-18H2,1-8H3;19-25,28-29H,9-18H2,1-8H3;3-5,7-8H,2,6H2,1H3;3-4H2,1-2H3;3H2,1-2H3;6*1H3;;;/q;;;;;;6*-1;3*+2/p+3. The smallest absolute Gasteiger partial charge is 0.496 e. The van der Waals surface area contributed by atoms with Crippen molar-refractivity contribution in [3.8, 4) is 62.1 Å². The Morgan fingerprint density at radius 1 is 0.246 bits per heavy atom. The van der Waals surface area contributed by atoms with E-state index in [-0.39, 0.29) is 106 Å². The molecule has 0 radical (unpaired) electrons. The Bertz CT molecular complexity index is 4100. The van der Waals surface area contributed by atoms with Crippen LogP contribution in [0.25, 0.3) is 33.4 Å². The molecule has 0 bridgehead atoms. The number of hydrogen-bond acceptors (Lipinski definition) is 5. The van der Waals surface area contributed by atoms with Gasteiger partial charge in [0.1, 0.15) is 27.4 Å². The van der Waals surface area contributed by atoms with Crippen molar-refractivity contribution in [1.82, 2.24) is 0 Å². The van der Waals surface area contributed by atoms with Gasteiger partial charge in [-0.2, -0.15) is 0 Å². The quantitative estimate of drug-likeness (QED) is 0.0266. The summed E-state index contributed by atoms with van der Waals surface area (Å²) in [5.74, 6) is 9.77. The monoisotopic (exact) mass is 2230 g/mol. The normalized spacial score (nSPS) is 15.5. The second-order valence-electron chi connectivity index (χ2n) is 42.7. The van der Waals surface area contributed by atoms with E-state index < -0.39 is 23.8 Å². The van der Waals surface area contributed by atoms with E-state index in [1.54, 1.807) is 38.2 Å². The van der Waals surface area contributed by atoms with Gasteiger partial charge in [0.25, 0.3) is 0 Å². The van der Waals surface area contributed by atoms with Gasteiger partial charge in [-0.15, -0.1) is 0 Å². The van der Waals surface area contributed by atoms with Gasteiger partial charge in [-0.1, -0.05) is 296 Å². The molecule has 7 aromatic rings. The van der Waals surface area contributed by atoms with E-state index in [1.807, 2.05) is 35.5 Å². The zero-order valence-electron chi connectivity index (χ0n) is 95.2. The average Bonchev–Trinajstić information content (AvgIpc) is 0.751. The predicted molar refractivity (Wildman–Crippen MR) is 620 cm³/mol. The van der Waals surface area contributed by atoms with E-state index >= 15 is 0 Å². The van der Waals surface area contributed by atoms with Crippen LogP contribution in [0.3, 0.4) is 0 Å². The maximum atomic E-state index is 6.31. The Morgan fingerprint density at radius 3 is 0.630 bits per heavy atom. The van der Waals surface area contributed by atoms with Gasteiger partial charge in [-0.3, -0.25) is 0 Å². The maximum Gasteiger partial charge on any atom is 2.00 e. The van der Waals surface area contributed by atoms with Crippen LogP contribution >= 0.6 is 23.8 Å².